The molecule has 0 aromatic rings. The molecule has 0 radical (unpaired) electrons. The summed E-state index contributed by atoms with van der Waals surface area (Å²) in [6.45, 7) is 1.99. The van der Waals surface area contributed by atoms with E-state index in [1.54, 1.807) is 0 Å². The maximum atomic E-state index is 8.26. The third-order valence-corrected chi connectivity index (χ3v) is 1.57. The van der Waals surface area contributed by atoms with Crippen LogP contribution in [0.15, 0.2) is 0 Å². The Bertz CT molecular complexity index is 129. The van der Waals surface area contributed by atoms with E-state index >= 15 is 0 Å². The maximum Gasteiger partial charge on any atom is 0.107 e. The lowest BCUT2D eigenvalue weighted by atomic mass is 10.3. The molecule has 2 unspecified atom stereocenters. The molecule has 3 heteroatoms. The number of nitriles is 1. The van der Waals surface area contributed by atoms with E-state index in [0.29, 0.717) is 5.92 Å². The van der Waals surface area contributed by atoms with Crippen LogP contribution in [0.4, 0.5) is 0 Å². The van der Waals surface area contributed by atoms with Gasteiger partial charge in [-0.1, -0.05) is 6.92 Å². The number of rotatable bonds is 0. The lowest BCUT2D eigenvalue weighted by Gasteiger charge is -1.89. The van der Waals surface area contributed by atoms with Gasteiger partial charge in [-0.15, -0.1) is 12.4 Å². The Balaban J connectivity index is 0.000000490. The summed E-state index contributed by atoms with van der Waals surface area (Å²) in [6, 6.07) is 2.04. The molecule has 1 aliphatic rings. The fourth-order valence-electron chi connectivity index (χ4n) is 0.604. The van der Waals surface area contributed by atoms with Gasteiger partial charge >= 0.3 is 0 Å². The lowest BCUT2D eigenvalue weighted by molar-refractivity contribution is 0.771. The first-order valence-electron chi connectivity index (χ1n) is 2.39. The van der Waals surface area contributed by atoms with Crippen molar-refractivity contribution in [1.29, 1.82) is 5.26 Å². The summed E-state index contributed by atoms with van der Waals surface area (Å²) in [4.78, 5) is 0. The van der Waals surface area contributed by atoms with Crippen LogP contribution in [0.2, 0.25) is 0 Å². The molecular formula is C5H9ClN2. The molecule has 0 saturated heterocycles. The van der Waals surface area contributed by atoms with E-state index in [4.69, 9.17) is 11.0 Å². The zero-order chi connectivity index (χ0) is 5.49. The number of halogens is 1. The standard InChI is InChI=1S/C5H8N2.ClH/c1-4-2-5(4,7)3-6;/h4H,2,7H2,1H3;1H. The van der Waals surface area contributed by atoms with E-state index < -0.39 is 5.54 Å². The highest BCUT2D eigenvalue weighted by Gasteiger charge is 2.48. The normalized spacial score (nSPS) is 41.9. The zero-order valence-electron chi connectivity index (χ0n) is 4.72. The van der Waals surface area contributed by atoms with Crippen molar-refractivity contribution in [2.24, 2.45) is 11.7 Å². The van der Waals surface area contributed by atoms with Gasteiger partial charge < -0.3 is 5.73 Å². The van der Waals surface area contributed by atoms with Crippen LogP contribution in [0, 0.1) is 17.2 Å². The van der Waals surface area contributed by atoms with E-state index in [1.807, 2.05) is 13.0 Å². The van der Waals surface area contributed by atoms with Crippen molar-refractivity contribution in [3.8, 4) is 6.07 Å². The maximum absolute atomic E-state index is 8.26. The molecule has 46 valence electrons. The Morgan fingerprint density at radius 2 is 2.25 bits per heavy atom. The molecule has 1 rings (SSSR count). The first-order valence-corrected chi connectivity index (χ1v) is 2.39. The molecular weight excluding hydrogens is 124 g/mol. The van der Waals surface area contributed by atoms with E-state index in [1.165, 1.54) is 0 Å². The van der Waals surface area contributed by atoms with Crippen LogP contribution in [0.1, 0.15) is 13.3 Å². The van der Waals surface area contributed by atoms with E-state index in [0.717, 1.165) is 6.42 Å². The third-order valence-electron chi connectivity index (χ3n) is 1.57. The molecule has 0 bridgehead atoms. The number of hydrogen-bond donors (Lipinski definition) is 1. The quantitative estimate of drug-likeness (QED) is 0.527. The van der Waals surface area contributed by atoms with Crippen molar-refractivity contribution < 1.29 is 0 Å². The van der Waals surface area contributed by atoms with Crippen LogP contribution in [-0.2, 0) is 0 Å². The molecule has 0 aromatic heterocycles. The van der Waals surface area contributed by atoms with Gasteiger partial charge in [0.05, 0.1) is 6.07 Å². The molecule has 1 aliphatic carbocycles. The van der Waals surface area contributed by atoms with Crippen molar-refractivity contribution in [3.05, 3.63) is 0 Å². The van der Waals surface area contributed by atoms with Gasteiger partial charge in [0.2, 0.25) is 0 Å². The van der Waals surface area contributed by atoms with Crippen LogP contribution in [0.25, 0.3) is 0 Å². The molecule has 1 saturated carbocycles. The Kier molecular flexibility index (Phi) is 1.86. The summed E-state index contributed by atoms with van der Waals surface area (Å²) in [5.41, 5.74) is 4.98. The minimum Gasteiger partial charge on any atom is -0.313 e. The van der Waals surface area contributed by atoms with Crippen molar-refractivity contribution in [2.75, 3.05) is 0 Å². The minimum atomic E-state index is -0.444. The SMILES string of the molecule is CC1CC1(N)C#N.Cl. The number of nitrogens with zero attached hydrogens (tertiary/aromatic N) is 1. The second-order valence-corrected chi connectivity index (χ2v) is 2.26. The first-order chi connectivity index (χ1) is 3.19. The van der Waals surface area contributed by atoms with Gasteiger partial charge in [0, 0.05) is 0 Å². The van der Waals surface area contributed by atoms with Crippen molar-refractivity contribution in [1.82, 2.24) is 0 Å². The van der Waals surface area contributed by atoms with Gasteiger partial charge in [-0.05, 0) is 12.3 Å². The monoisotopic (exact) mass is 132 g/mol. The van der Waals surface area contributed by atoms with E-state index in [9.17, 15) is 0 Å². The topological polar surface area (TPSA) is 49.8 Å². The highest BCUT2D eigenvalue weighted by Crippen LogP contribution is 2.39. The van der Waals surface area contributed by atoms with Crippen molar-refractivity contribution >= 4 is 12.4 Å². The van der Waals surface area contributed by atoms with Gasteiger partial charge in [-0.3, -0.25) is 0 Å². The Morgan fingerprint density at radius 1 is 1.88 bits per heavy atom. The highest BCUT2D eigenvalue weighted by atomic mass is 35.5. The fourth-order valence-corrected chi connectivity index (χ4v) is 0.604. The van der Waals surface area contributed by atoms with E-state index in [-0.39, 0.29) is 12.4 Å². The summed E-state index contributed by atoms with van der Waals surface area (Å²) in [7, 11) is 0. The number of hydrogen-bond acceptors (Lipinski definition) is 2. The van der Waals surface area contributed by atoms with Crippen LogP contribution in [-0.4, -0.2) is 5.54 Å². The molecule has 0 spiro atoms. The predicted octanol–water partition coefficient (Wildman–Crippen LogP) is 0.669. The first kappa shape index (κ1) is 7.74. The highest BCUT2D eigenvalue weighted by molar-refractivity contribution is 5.85. The molecule has 0 amide bonds. The lowest BCUT2D eigenvalue weighted by Crippen LogP contribution is -2.20. The average Bonchev–Trinajstić information content (AvgIpc) is 2.18. The number of nitrogens with two attached hydrogens (primary N) is 1. The van der Waals surface area contributed by atoms with Crippen LogP contribution in [0.3, 0.4) is 0 Å². The van der Waals surface area contributed by atoms with Gasteiger partial charge in [-0.25, -0.2) is 0 Å². The zero-order valence-corrected chi connectivity index (χ0v) is 5.53. The van der Waals surface area contributed by atoms with E-state index in [2.05, 4.69) is 0 Å². The largest absolute Gasteiger partial charge is 0.313 e. The van der Waals surface area contributed by atoms with Crippen molar-refractivity contribution in [2.45, 2.75) is 18.9 Å². The Hall–Kier alpha value is -0.260. The summed E-state index contributed by atoms with van der Waals surface area (Å²) in [6.07, 6.45) is 0.878. The third kappa shape index (κ3) is 0.936. The second kappa shape index (κ2) is 1.93. The Labute approximate surface area is 55.1 Å². The minimum absolute atomic E-state index is 0. The van der Waals surface area contributed by atoms with Crippen LogP contribution in [0.5, 0.6) is 0 Å². The summed E-state index contributed by atoms with van der Waals surface area (Å²) in [5.74, 6) is 0.428. The van der Waals surface area contributed by atoms with Gasteiger partial charge in [0.15, 0.2) is 0 Å². The molecule has 2 N–H and O–H groups in total. The fraction of sp³-hybridized carbons (Fsp3) is 0.800. The second-order valence-electron chi connectivity index (χ2n) is 2.26. The Morgan fingerprint density at radius 3 is 2.25 bits per heavy atom. The van der Waals surface area contributed by atoms with Crippen molar-refractivity contribution in [3.63, 3.8) is 0 Å². The predicted molar refractivity (Wildman–Crippen MR) is 33.6 cm³/mol. The average molecular weight is 133 g/mol. The molecule has 8 heavy (non-hydrogen) atoms. The smallest absolute Gasteiger partial charge is 0.107 e. The molecule has 2 atom stereocenters. The van der Waals surface area contributed by atoms with Crippen LogP contribution < -0.4 is 5.73 Å². The van der Waals surface area contributed by atoms with Crippen LogP contribution >= 0.6 is 12.4 Å². The molecule has 1 fully saturated rings. The van der Waals surface area contributed by atoms with Gasteiger partial charge in [-0.2, -0.15) is 5.26 Å². The summed E-state index contributed by atoms with van der Waals surface area (Å²) < 4.78 is 0. The molecule has 0 heterocycles. The van der Waals surface area contributed by atoms with Gasteiger partial charge in [0.25, 0.3) is 0 Å². The van der Waals surface area contributed by atoms with Gasteiger partial charge in [0.1, 0.15) is 5.54 Å². The molecule has 0 aromatic carbocycles. The summed E-state index contributed by atoms with van der Waals surface area (Å²) in [5, 5.41) is 8.26. The summed E-state index contributed by atoms with van der Waals surface area (Å²) >= 11 is 0. The molecule has 0 aliphatic heterocycles. The molecule has 2 nitrogen and oxygen atoms in total.